The maximum atomic E-state index is 14.0. The number of nitrogens with one attached hydrogen (secondary N) is 1. The lowest BCUT2D eigenvalue weighted by atomic mass is 10.1. The first-order valence-corrected chi connectivity index (χ1v) is 9.89. The SMILES string of the molecule is COc1ccc(N2CCN(C(=O)C(=O)Nc3ccc4c(c3)OC(=O)C4)[C@H](C)C2)cc1F. The fraction of sp³-hybridized carbons (Fsp3) is 0.318. The molecular formula is C22H22FN3O5. The standard InChI is InChI=1S/C22H22FN3O5/c1-13-12-25(16-5-6-18(30-2)17(23)11-16)7-8-26(13)22(29)21(28)24-15-4-3-14-9-20(27)31-19(14)10-15/h3-6,10-11,13H,7-9,12H2,1-2H3,(H,24,28)/t13-/m1/s1. The number of carbonyl (C=O) groups is 3. The minimum atomic E-state index is -0.764. The summed E-state index contributed by atoms with van der Waals surface area (Å²) in [7, 11) is 1.41. The number of methoxy groups -OCH3 is 1. The Morgan fingerprint density at radius 3 is 2.71 bits per heavy atom. The lowest BCUT2D eigenvalue weighted by molar-refractivity contribution is -0.144. The van der Waals surface area contributed by atoms with E-state index in [0.29, 0.717) is 36.8 Å². The van der Waals surface area contributed by atoms with Gasteiger partial charge in [0.1, 0.15) is 5.75 Å². The van der Waals surface area contributed by atoms with Crippen molar-refractivity contribution in [3.05, 3.63) is 47.8 Å². The van der Waals surface area contributed by atoms with Gasteiger partial charge in [-0.2, -0.15) is 0 Å². The molecule has 1 atom stereocenters. The average Bonchev–Trinajstić information content (AvgIpc) is 3.12. The molecule has 4 rings (SSSR count). The van der Waals surface area contributed by atoms with Crippen LogP contribution in [0.25, 0.3) is 0 Å². The Hall–Kier alpha value is -3.62. The van der Waals surface area contributed by atoms with E-state index in [2.05, 4.69) is 5.32 Å². The number of rotatable bonds is 3. The van der Waals surface area contributed by atoms with Crippen LogP contribution in [0, 0.1) is 5.82 Å². The predicted octanol–water partition coefficient (Wildman–Crippen LogP) is 1.97. The highest BCUT2D eigenvalue weighted by atomic mass is 19.1. The number of carbonyl (C=O) groups excluding carboxylic acids is 3. The van der Waals surface area contributed by atoms with Gasteiger partial charge in [0.05, 0.1) is 13.5 Å². The quantitative estimate of drug-likeness (QED) is 0.458. The Kier molecular flexibility index (Phi) is 5.50. The van der Waals surface area contributed by atoms with Crippen LogP contribution in [0.3, 0.4) is 0 Å². The molecule has 0 saturated carbocycles. The average molecular weight is 427 g/mol. The summed E-state index contributed by atoms with van der Waals surface area (Å²) in [5, 5.41) is 2.57. The second kappa shape index (κ2) is 8.25. The predicted molar refractivity (Wildman–Crippen MR) is 111 cm³/mol. The molecule has 0 aromatic heterocycles. The van der Waals surface area contributed by atoms with Crippen LogP contribution in [0.5, 0.6) is 11.5 Å². The van der Waals surface area contributed by atoms with Gasteiger partial charge in [0, 0.05) is 54.7 Å². The number of ether oxygens (including phenoxy) is 2. The maximum Gasteiger partial charge on any atom is 0.315 e. The minimum absolute atomic E-state index is 0.170. The zero-order chi connectivity index (χ0) is 22.1. The number of hydrogen-bond acceptors (Lipinski definition) is 6. The second-order valence-electron chi connectivity index (χ2n) is 7.54. The number of hydrogen-bond donors (Lipinski definition) is 1. The first-order chi connectivity index (χ1) is 14.9. The molecule has 2 aliphatic heterocycles. The molecule has 1 N–H and O–H groups in total. The van der Waals surface area contributed by atoms with Gasteiger partial charge in [-0.1, -0.05) is 6.07 Å². The molecule has 162 valence electrons. The molecule has 0 spiro atoms. The first kappa shape index (κ1) is 20.6. The largest absolute Gasteiger partial charge is 0.494 e. The summed E-state index contributed by atoms with van der Waals surface area (Å²) in [6.07, 6.45) is 0.197. The molecule has 2 aromatic rings. The lowest BCUT2D eigenvalue weighted by Crippen LogP contribution is -2.56. The fourth-order valence-electron chi connectivity index (χ4n) is 3.85. The highest BCUT2D eigenvalue weighted by molar-refractivity contribution is 6.39. The van der Waals surface area contributed by atoms with Crippen molar-refractivity contribution in [3.8, 4) is 11.5 Å². The third kappa shape index (κ3) is 4.16. The number of anilines is 2. The molecule has 1 saturated heterocycles. The van der Waals surface area contributed by atoms with Gasteiger partial charge in [-0.25, -0.2) is 4.39 Å². The topological polar surface area (TPSA) is 88.2 Å². The van der Waals surface area contributed by atoms with Crippen molar-refractivity contribution >= 4 is 29.2 Å². The molecule has 31 heavy (non-hydrogen) atoms. The van der Waals surface area contributed by atoms with Crippen molar-refractivity contribution in [1.82, 2.24) is 4.90 Å². The van der Waals surface area contributed by atoms with E-state index in [0.717, 1.165) is 5.56 Å². The van der Waals surface area contributed by atoms with E-state index >= 15 is 0 Å². The Bertz CT molecular complexity index is 1060. The Balaban J connectivity index is 1.38. The van der Waals surface area contributed by atoms with E-state index < -0.39 is 17.6 Å². The van der Waals surface area contributed by atoms with Crippen LogP contribution >= 0.6 is 0 Å². The van der Waals surface area contributed by atoms with Gasteiger partial charge >= 0.3 is 17.8 Å². The molecule has 2 aliphatic rings. The van der Waals surface area contributed by atoms with Crippen LogP contribution in [0.1, 0.15) is 12.5 Å². The number of nitrogens with zero attached hydrogens (tertiary/aromatic N) is 2. The first-order valence-electron chi connectivity index (χ1n) is 9.89. The second-order valence-corrected chi connectivity index (χ2v) is 7.54. The molecule has 0 unspecified atom stereocenters. The fourth-order valence-corrected chi connectivity index (χ4v) is 3.85. The van der Waals surface area contributed by atoms with Crippen molar-refractivity contribution in [2.24, 2.45) is 0 Å². The van der Waals surface area contributed by atoms with Crippen molar-refractivity contribution in [1.29, 1.82) is 0 Å². The van der Waals surface area contributed by atoms with Crippen LogP contribution in [-0.2, 0) is 20.8 Å². The van der Waals surface area contributed by atoms with Gasteiger partial charge in [-0.15, -0.1) is 0 Å². The van der Waals surface area contributed by atoms with Crippen LogP contribution in [-0.4, -0.2) is 55.5 Å². The number of esters is 1. The molecule has 2 aromatic carbocycles. The summed E-state index contributed by atoms with van der Waals surface area (Å²) in [6, 6.07) is 9.33. The third-order valence-electron chi connectivity index (χ3n) is 5.47. The van der Waals surface area contributed by atoms with E-state index in [1.54, 1.807) is 24.3 Å². The van der Waals surface area contributed by atoms with E-state index in [1.807, 2.05) is 11.8 Å². The number of amides is 2. The van der Waals surface area contributed by atoms with E-state index in [9.17, 15) is 18.8 Å². The van der Waals surface area contributed by atoms with Gasteiger partial charge < -0.3 is 24.6 Å². The van der Waals surface area contributed by atoms with Crippen LogP contribution in [0.2, 0.25) is 0 Å². The van der Waals surface area contributed by atoms with Gasteiger partial charge in [-0.3, -0.25) is 14.4 Å². The normalized spacial score (nSPS) is 17.8. The highest BCUT2D eigenvalue weighted by Gasteiger charge is 2.32. The van der Waals surface area contributed by atoms with Crippen molar-refractivity contribution in [2.75, 3.05) is 37.0 Å². The minimum Gasteiger partial charge on any atom is -0.494 e. The van der Waals surface area contributed by atoms with Crippen molar-refractivity contribution in [3.63, 3.8) is 0 Å². The number of halogens is 1. The smallest absolute Gasteiger partial charge is 0.315 e. The summed E-state index contributed by atoms with van der Waals surface area (Å²) < 4.78 is 24.0. The molecule has 2 heterocycles. The molecule has 2 amide bonds. The summed E-state index contributed by atoms with van der Waals surface area (Å²) in [5.74, 6) is -1.65. The molecule has 1 fully saturated rings. The van der Waals surface area contributed by atoms with Gasteiger partial charge in [0.15, 0.2) is 11.6 Å². The maximum absolute atomic E-state index is 14.0. The van der Waals surface area contributed by atoms with E-state index in [-0.39, 0.29) is 24.2 Å². The van der Waals surface area contributed by atoms with Crippen LogP contribution in [0.15, 0.2) is 36.4 Å². The Morgan fingerprint density at radius 1 is 1.19 bits per heavy atom. The Morgan fingerprint density at radius 2 is 2.00 bits per heavy atom. The summed E-state index contributed by atoms with van der Waals surface area (Å²) in [5.41, 5.74) is 1.82. The molecule has 8 nitrogen and oxygen atoms in total. The number of piperazine rings is 1. The summed E-state index contributed by atoms with van der Waals surface area (Å²) >= 11 is 0. The van der Waals surface area contributed by atoms with Crippen LogP contribution in [0.4, 0.5) is 15.8 Å². The van der Waals surface area contributed by atoms with Crippen molar-refractivity contribution < 1.29 is 28.2 Å². The zero-order valence-corrected chi connectivity index (χ0v) is 17.2. The van der Waals surface area contributed by atoms with Gasteiger partial charge in [0.25, 0.3) is 0 Å². The summed E-state index contributed by atoms with van der Waals surface area (Å²) in [4.78, 5) is 40.0. The van der Waals surface area contributed by atoms with E-state index in [1.165, 1.54) is 24.1 Å². The monoisotopic (exact) mass is 427 g/mol. The molecular weight excluding hydrogens is 405 g/mol. The zero-order valence-electron chi connectivity index (χ0n) is 17.2. The number of fused-ring (bicyclic) bond motifs is 1. The molecule has 0 bridgehead atoms. The molecule has 0 aliphatic carbocycles. The Labute approximate surface area is 178 Å². The molecule has 9 heteroatoms. The third-order valence-corrected chi connectivity index (χ3v) is 5.47. The molecule has 0 radical (unpaired) electrons. The summed E-state index contributed by atoms with van der Waals surface area (Å²) in [6.45, 7) is 3.08. The van der Waals surface area contributed by atoms with E-state index in [4.69, 9.17) is 9.47 Å². The highest BCUT2D eigenvalue weighted by Crippen LogP contribution is 2.29. The lowest BCUT2D eigenvalue weighted by Gasteiger charge is -2.40. The van der Waals surface area contributed by atoms with Crippen LogP contribution < -0.4 is 19.7 Å². The van der Waals surface area contributed by atoms with Gasteiger partial charge in [0.2, 0.25) is 0 Å². The van der Waals surface area contributed by atoms with Gasteiger partial charge in [-0.05, 0) is 25.1 Å². The number of benzene rings is 2. The van der Waals surface area contributed by atoms with Crippen molar-refractivity contribution in [2.45, 2.75) is 19.4 Å².